The molecule has 2 amide bonds. The Bertz CT molecular complexity index is 823. The van der Waals surface area contributed by atoms with Gasteiger partial charge in [-0.25, -0.2) is 17.5 Å². The Balaban J connectivity index is 1.58. The number of piperidine rings is 1. The highest BCUT2D eigenvalue weighted by atomic mass is 32.2. The van der Waals surface area contributed by atoms with Gasteiger partial charge in [-0.3, -0.25) is 9.59 Å². The van der Waals surface area contributed by atoms with Gasteiger partial charge < -0.3 is 4.84 Å². The molecule has 9 heteroatoms. The van der Waals surface area contributed by atoms with E-state index in [1.807, 2.05) is 6.92 Å². The van der Waals surface area contributed by atoms with E-state index in [2.05, 4.69) is 0 Å². The SMILES string of the molecule is CCCCS(=O)(=O)N1CCC(C(=O)ON2C(=O)c3ccccc3C2=O)CC1. The predicted molar refractivity (Wildman–Crippen MR) is 96.0 cm³/mol. The molecule has 0 aliphatic carbocycles. The first kappa shape index (κ1) is 19.5. The predicted octanol–water partition coefficient (Wildman–Crippen LogP) is 1.58. The lowest BCUT2D eigenvalue weighted by atomic mass is 9.99. The molecule has 2 aliphatic rings. The van der Waals surface area contributed by atoms with Crippen molar-refractivity contribution in [2.24, 2.45) is 5.92 Å². The van der Waals surface area contributed by atoms with Crippen molar-refractivity contribution in [3.63, 3.8) is 0 Å². The second kappa shape index (κ2) is 7.77. The average molecular weight is 394 g/mol. The molecule has 0 aromatic heterocycles. The molecule has 1 fully saturated rings. The van der Waals surface area contributed by atoms with Crippen molar-refractivity contribution in [2.45, 2.75) is 32.6 Å². The normalized spacial score (nSPS) is 18.6. The van der Waals surface area contributed by atoms with Gasteiger partial charge in [-0.1, -0.05) is 30.5 Å². The Kier molecular flexibility index (Phi) is 5.61. The molecule has 0 saturated carbocycles. The van der Waals surface area contributed by atoms with Crippen molar-refractivity contribution in [2.75, 3.05) is 18.8 Å². The Hall–Kier alpha value is -2.26. The Morgan fingerprint density at radius 2 is 1.67 bits per heavy atom. The van der Waals surface area contributed by atoms with Gasteiger partial charge in [0.05, 0.1) is 22.8 Å². The molecular formula is C18H22N2O6S. The van der Waals surface area contributed by atoms with E-state index in [0.29, 0.717) is 24.3 Å². The van der Waals surface area contributed by atoms with Gasteiger partial charge in [0, 0.05) is 13.1 Å². The summed E-state index contributed by atoms with van der Waals surface area (Å²) in [4.78, 5) is 42.0. The first-order valence-corrected chi connectivity index (χ1v) is 10.6. The van der Waals surface area contributed by atoms with E-state index in [-0.39, 0.29) is 30.0 Å². The fraction of sp³-hybridized carbons (Fsp3) is 0.500. The number of hydrogen-bond acceptors (Lipinski definition) is 6. The molecule has 3 rings (SSSR count). The van der Waals surface area contributed by atoms with Gasteiger partial charge in [0.15, 0.2) is 0 Å². The van der Waals surface area contributed by atoms with Gasteiger partial charge in [0.25, 0.3) is 11.8 Å². The largest absolute Gasteiger partial charge is 0.336 e. The molecule has 0 spiro atoms. The Labute approximate surface area is 158 Å². The zero-order valence-corrected chi connectivity index (χ0v) is 15.9. The van der Waals surface area contributed by atoms with Gasteiger partial charge >= 0.3 is 5.97 Å². The van der Waals surface area contributed by atoms with E-state index in [1.165, 1.54) is 16.4 Å². The van der Waals surface area contributed by atoms with Crippen LogP contribution in [0.25, 0.3) is 0 Å². The quantitative estimate of drug-likeness (QED) is 0.679. The number of carbonyl (C=O) groups excluding carboxylic acids is 3. The summed E-state index contributed by atoms with van der Waals surface area (Å²) < 4.78 is 25.8. The number of fused-ring (bicyclic) bond motifs is 1. The van der Waals surface area contributed by atoms with Gasteiger partial charge in [-0.05, 0) is 31.4 Å². The first-order valence-electron chi connectivity index (χ1n) is 9.02. The maximum atomic E-state index is 12.4. The fourth-order valence-corrected chi connectivity index (χ4v) is 4.92. The molecule has 0 radical (unpaired) electrons. The molecule has 2 heterocycles. The highest BCUT2D eigenvalue weighted by Crippen LogP contribution is 2.26. The second-order valence-corrected chi connectivity index (χ2v) is 8.79. The van der Waals surface area contributed by atoms with Crippen LogP contribution in [0.1, 0.15) is 53.3 Å². The van der Waals surface area contributed by atoms with E-state index in [0.717, 1.165) is 6.42 Å². The van der Waals surface area contributed by atoms with Gasteiger partial charge in [-0.2, -0.15) is 0 Å². The van der Waals surface area contributed by atoms with Crippen LogP contribution in [0.2, 0.25) is 0 Å². The number of benzene rings is 1. The van der Waals surface area contributed by atoms with Crippen molar-refractivity contribution in [1.82, 2.24) is 9.37 Å². The lowest BCUT2D eigenvalue weighted by Gasteiger charge is -2.30. The van der Waals surface area contributed by atoms with Crippen LogP contribution in [0.5, 0.6) is 0 Å². The maximum absolute atomic E-state index is 12.4. The second-order valence-electron chi connectivity index (χ2n) is 6.70. The number of imide groups is 1. The molecule has 27 heavy (non-hydrogen) atoms. The van der Waals surface area contributed by atoms with Gasteiger partial charge in [0.2, 0.25) is 10.0 Å². The topological polar surface area (TPSA) is 101 Å². The van der Waals surface area contributed by atoms with Crippen LogP contribution in [0.15, 0.2) is 24.3 Å². The smallest absolute Gasteiger partial charge is 0.329 e. The summed E-state index contributed by atoms with van der Waals surface area (Å²) in [6, 6.07) is 6.26. The molecule has 0 unspecified atom stereocenters. The van der Waals surface area contributed by atoms with Crippen LogP contribution in [0.3, 0.4) is 0 Å². The summed E-state index contributed by atoms with van der Waals surface area (Å²) in [6.07, 6.45) is 1.99. The first-order chi connectivity index (χ1) is 12.8. The van der Waals surface area contributed by atoms with Crippen LogP contribution in [0, 0.1) is 5.92 Å². The molecule has 146 valence electrons. The molecule has 2 aliphatic heterocycles. The summed E-state index contributed by atoms with van der Waals surface area (Å²) in [7, 11) is -3.31. The number of amides is 2. The number of unbranched alkanes of at least 4 members (excludes halogenated alkanes) is 1. The Morgan fingerprint density at radius 3 is 2.19 bits per heavy atom. The van der Waals surface area contributed by atoms with Crippen LogP contribution in [-0.4, -0.2) is 54.4 Å². The highest BCUT2D eigenvalue weighted by molar-refractivity contribution is 7.89. The summed E-state index contributed by atoms with van der Waals surface area (Å²) in [5, 5.41) is 0.497. The van der Waals surface area contributed by atoms with Crippen molar-refractivity contribution in [1.29, 1.82) is 0 Å². The molecule has 0 atom stereocenters. The molecule has 0 N–H and O–H groups in total. The average Bonchev–Trinajstić information content (AvgIpc) is 2.92. The van der Waals surface area contributed by atoms with Crippen molar-refractivity contribution in [3.8, 4) is 0 Å². The number of nitrogens with zero attached hydrogens (tertiary/aromatic N) is 2. The van der Waals surface area contributed by atoms with Crippen molar-refractivity contribution >= 4 is 27.8 Å². The molecule has 1 aromatic rings. The van der Waals surface area contributed by atoms with Crippen LogP contribution < -0.4 is 0 Å². The zero-order chi connectivity index (χ0) is 19.6. The number of hydrogen-bond donors (Lipinski definition) is 0. The minimum absolute atomic E-state index is 0.105. The summed E-state index contributed by atoms with van der Waals surface area (Å²) in [6.45, 7) is 2.39. The van der Waals surface area contributed by atoms with Crippen molar-refractivity contribution < 1.29 is 27.6 Å². The van der Waals surface area contributed by atoms with Gasteiger partial charge in [-0.15, -0.1) is 0 Å². The third-order valence-corrected chi connectivity index (χ3v) is 6.83. The van der Waals surface area contributed by atoms with E-state index in [4.69, 9.17) is 4.84 Å². The molecule has 1 saturated heterocycles. The fourth-order valence-electron chi connectivity index (χ4n) is 3.24. The minimum atomic E-state index is -3.31. The molecule has 8 nitrogen and oxygen atoms in total. The summed E-state index contributed by atoms with van der Waals surface area (Å²) in [5.41, 5.74) is 0.402. The summed E-state index contributed by atoms with van der Waals surface area (Å²) >= 11 is 0. The number of carbonyl (C=O) groups is 3. The molecule has 1 aromatic carbocycles. The van der Waals surface area contributed by atoms with E-state index in [1.54, 1.807) is 12.1 Å². The van der Waals surface area contributed by atoms with Crippen LogP contribution >= 0.6 is 0 Å². The number of sulfonamides is 1. The zero-order valence-electron chi connectivity index (χ0n) is 15.1. The standard InChI is InChI=1S/C18H22N2O6S/c1-2-3-12-27(24,25)19-10-8-13(9-11-19)18(23)26-20-16(21)14-6-4-5-7-15(14)17(20)22/h4-7,13H,2-3,8-12H2,1H3. The van der Waals surface area contributed by atoms with Gasteiger partial charge in [0.1, 0.15) is 0 Å². The van der Waals surface area contributed by atoms with Crippen LogP contribution in [0.4, 0.5) is 0 Å². The number of rotatable bonds is 6. The van der Waals surface area contributed by atoms with E-state index >= 15 is 0 Å². The maximum Gasteiger partial charge on any atom is 0.336 e. The third kappa shape index (κ3) is 3.89. The highest BCUT2D eigenvalue weighted by Gasteiger charge is 2.40. The Morgan fingerprint density at radius 1 is 1.11 bits per heavy atom. The molecule has 0 bridgehead atoms. The monoisotopic (exact) mass is 394 g/mol. The molecular weight excluding hydrogens is 372 g/mol. The number of hydroxylamine groups is 2. The van der Waals surface area contributed by atoms with Crippen molar-refractivity contribution in [3.05, 3.63) is 35.4 Å². The third-order valence-electron chi connectivity index (χ3n) is 4.87. The minimum Gasteiger partial charge on any atom is -0.329 e. The summed E-state index contributed by atoms with van der Waals surface area (Å²) in [5.74, 6) is -2.46. The van der Waals surface area contributed by atoms with E-state index in [9.17, 15) is 22.8 Å². The van der Waals surface area contributed by atoms with E-state index < -0.39 is 33.7 Å². The lowest BCUT2D eigenvalue weighted by molar-refractivity contribution is -0.175. The lowest BCUT2D eigenvalue weighted by Crippen LogP contribution is -2.43. The van der Waals surface area contributed by atoms with Crippen LogP contribution in [-0.2, 0) is 19.7 Å².